The van der Waals surface area contributed by atoms with E-state index in [1.165, 1.54) is 23.1 Å². The van der Waals surface area contributed by atoms with Crippen LogP contribution in [0.1, 0.15) is 19.3 Å². The van der Waals surface area contributed by atoms with Gasteiger partial charge < -0.3 is 0 Å². The molecule has 2 unspecified atom stereocenters. The Kier molecular flexibility index (Phi) is 9.72. The molecular weight excluding hydrogens is 636 g/mol. The van der Waals surface area contributed by atoms with Crippen LogP contribution in [-0.4, -0.2) is 21.2 Å². The highest BCUT2D eigenvalue weighted by atomic mass is 31.2. The minimum Gasteiger partial charge on any atom is -0.265 e. The Morgan fingerprint density at radius 3 is 1.76 bits per heavy atom. The zero-order valence-corrected chi connectivity index (χ0v) is 29.5. The molecule has 5 aromatic carbocycles. The van der Waals surface area contributed by atoms with Gasteiger partial charge in [0.25, 0.3) is 11.4 Å². The Morgan fingerprint density at radius 2 is 1.29 bits per heavy atom. The van der Waals surface area contributed by atoms with Crippen LogP contribution in [0.5, 0.6) is 0 Å². The van der Waals surface area contributed by atoms with Gasteiger partial charge in [0.1, 0.15) is 0 Å². The van der Waals surface area contributed by atoms with Crippen molar-refractivity contribution in [3.63, 3.8) is 0 Å². The van der Waals surface area contributed by atoms with Gasteiger partial charge in [0.15, 0.2) is 0 Å². The first-order valence-electron chi connectivity index (χ1n) is 16.2. The number of hydrogen-bond acceptors (Lipinski definition) is 4. The summed E-state index contributed by atoms with van der Waals surface area (Å²) in [6.07, 6.45) is 3.43. The Hall–Kier alpha value is -5.56. The van der Waals surface area contributed by atoms with Crippen molar-refractivity contribution in [3.8, 4) is 12.1 Å². The Morgan fingerprint density at radius 1 is 0.776 bits per heavy atom. The van der Waals surface area contributed by atoms with Gasteiger partial charge in [-0.25, -0.2) is 20.2 Å². The van der Waals surface area contributed by atoms with Crippen molar-refractivity contribution in [2.75, 3.05) is 0 Å². The number of benzene rings is 5. The van der Waals surface area contributed by atoms with Crippen molar-refractivity contribution in [1.29, 1.82) is 10.5 Å². The number of nitriles is 2. The molecule has 1 aliphatic carbocycles. The van der Waals surface area contributed by atoms with E-state index in [1.807, 2.05) is 18.2 Å². The molecule has 8 heteroatoms. The first-order chi connectivity index (χ1) is 23.9. The lowest BCUT2D eigenvalue weighted by Crippen LogP contribution is -2.25. The second kappa shape index (κ2) is 14.3. The summed E-state index contributed by atoms with van der Waals surface area (Å²) in [6.45, 7) is 24.3. The maximum atomic E-state index is 10.2. The average molecular weight is 670 g/mol. The lowest BCUT2D eigenvalue weighted by molar-refractivity contribution is 0.607. The van der Waals surface area contributed by atoms with Crippen LogP contribution in [0.25, 0.3) is 42.6 Å². The molecule has 1 fully saturated rings. The summed E-state index contributed by atoms with van der Waals surface area (Å²) in [5.74, 6) is 0.683. The van der Waals surface area contributed by atoms with Crippen LogP contribution in [0, 0.1) is 41.7 Å². The lowest BCUT2D eigenvalue weighted by atomic mass is 9.95. The summed E-state index contributed by atoms with van der Waals surface area (Å²) in [4.78, 5) is 11.3. The van der Waals surface area contributed by atoms with E-state index in [2.05, 4.69) is 107 Å². The summed E-state index contributed by atoms with van der Waals surface area (Å²) < 4.78 is 5.84. The van der Waals surface area contributed by atoms with Gasteiger partial charge in [0, 0.05) is 31.9 Å². The minimum atomic E-state index is -2.40. The summed E-state index contributed by atoms with van der Waals surface area (Å²) in [5.41, 5.74) is 1.52. The number of nitrogens with zero attached hydrogens (tertiary/aromatic N) is 6. The molecule has 49 heavy (non-hydrogen) atoms. The van der Waals surface area contributed by atoms with Crippen LogP contribution in [0.2, 0.25) is 19.1 Å². The Bertz CT molecular complexity index is 2390. The van der Waals surface area contributed by atoms with E-state index in [0.717, 1.165) is 18.5 Å². The van der Waals surface area contributed by atoms with Gasteiger partial charge >= 0.3 is 0 Å². The van der Waals surface area contributed by atoms with E-state index in [4.69, 9.17) is 17.9 Å². The molecule has 2 atom stereocenters. The third kappa shape index (κ3) is 6.13. The maximum Gasteiger partial charge on any atom is 0.270 e. The van der Waals surface area contributed by atoms with Gasteiger partial charge in [-0.3, -0.25) is 9.74 Å². The van der Waals surface area contributed by atoms with Crippen LogP contribution < -0.4 is 21.0 Å². The minimum absolute atomic E-state index is 0.0677. The zero-order chi connectivity index (χ0) is 34.5. The molecule has 1 saturated carbocycles. The van der Waals surface area contributed by atoms with Crippen molar-refractivity contribution < 1.29 is 0 Å². The highest BCUT2D eigenvalue weighted by Crippen LogP contribution is 2.60. The summed E-state index contributed by atoms with van der Waals surface area (Å²) in [7, 11) is -2.78. The smallest absolute Gasteiger partial charge is 0.265 e. The van der Waals surface area contributed by atoms with Gasteiger partial charge in [-0.2, -0.15) is 0 Å². The maximum absolute atomic E-state index is 10.2. The fourth-order valence-corrected chi connectivity index (χ4v) is 13.5. The molecule has 6 rings (SSSR count). The van der Waals surface area contributed by atoms with Crippen molar-refractivity contribution in [2.24, 2.45) is 15.7 Å². The molecule has 1 radical (unpaired) electrons. The molecule has 237 valence electrons. The number of fused-ring (bicyclic) bond motifs is 2. The fourth-order valence-electron chi connectivity index (χ4n) is 7.56. The van der Waals surface area contributed by atoms with Crippen molar-refractivity contribution in [3.05, 3.63) is 130 Å². The quantitative estimate of drug-likeness (QED) is 0.0571. The third-order valence-corrected chi connectivity index (χ3v) is 15.1. The van der Waals surface area contributed by atoms with E-state index >= 15 is 0 Å². The molecule has 0 amide bonds. The lowest BCUT2D eigenvalue weighted by Gasteiger charge is -2.32. The summed E-state index contributed by atoms with van der Waals surface area (Å²) in [5, 5.41) is 26.1. The first kappa shape index (κ1) is 33.3. The van der Waals surface area contributed by atoms with Crippen LogP contribution in [0.4, 0.5) is 11.4 Å². The normalized spacial score (nSPS) is 17.0. The van der Waals surface area contributed by atoms with Crippen LogP contribution in [0.15, 0.2) is 107 Å². The van der Waals surface area contributed by atoms with Gasteiger partial charge in [0.2, 0.25) is 0 Å². The standard InChI is InChI=1S/C41H34N6PSi/c1-44-29-17-20-34-36(23-29)40(38(25-42)45-2)35-21-18-30(24-37(35)41(34)39(26-43)46-3)47-48(31-12-8-6-9-13-31,32-14-10-7-11-15-32)33-19-16-28(22-33)27-49(4)5/h6-15,17-18,20-21,23-24,28,33H,1,16,19,22,27H2,4-5H3/b40-38+,41-39-. The van der Waals surface area contributed by atoms with E-state index in [9.17, 15) is 10.5 Å². The van der Waals surface area contributed by atoms with Crippen LogP contribution in [-0.2, 0) is 0 Å². The van der Waals surface area contributed by atoms with E-state index in [-0.39, 0.29) is 20.2 Å². The van der Waals surface area contributed by atoms with Crippen molar-refractivity contribution >= 4 is 77.5 Å². The Balaban J connectivity index is 1.79. The molecule has 1 aliphatic rings. The van der Waals surface area contributed by atoms with Crippen LogP contribution in [0.3, 0.4) is 0 Å². The van der Waals surface area contributed by atoms with Gasteiger partial charge in [-0.05, 0) is 81.9 Å². The molecule has 0 aromatic heterocycles. The Labute approximate surface area is 289 Å². The summed E-state index contributed by atoms with van der Waals surface area (Å²) in [6, 6.07) is 38.0. The van der Waals surface area contributed by atoms with E-state index in [0.29, 0.717) is 49.2 Å². The third-order valence-electron chi connectivity index (χ3n) is 9.49. The van der Waals surface area contributed by atoms with Gasteiger partial charge in [-0.15, -0.1) is 0 Å². The highest BCUT2D eigenvalue weighted by molar-refractivity contribution is 7.81. The SMILES string of the molecule is [C-]#[N+]/C(C#N)=c1\c2cc(N=P(c3ccccc3)(c3ccccc3)C3CCC(C[Si](C)C)C3)ccc2/c(=C(/C#N)[N+]#[C-])c2cc(N=C)ccc12. The second-order valence-electron chi connectivity index (χ2n) is 12.7. The average Bonchev–Trinajstić information content (AvgIpc) is 3.60. The largest absolute Gasteiger partial charge is 0.270 e. The molecular formula is C41H34N6PSi. The summed E-state index contributed by atoms with van der Waals surface area (Å²) >= 11 is 0. The predicted octanol–water partition coefficient (Wildman–Crippen LogP) is 8.83. The second-order valence-corrected chi connectivity index (χ2v) is 18.9. The molecule has 0 saturated heterocycles. The number of rotatable bonds is 7. The van der Waals surface area contributed by atoms with Crippen molar-refractivity contribution in [2.45, 2.75) is 44.1 Å². The zero-order valence-electron chi connectivity index (χ0n) is 27.6. The molecule has 0 spiro atoms. The molecule has 0 heterocycles. The number of hydrogen-bond donors (Lipinski definition) is 0. The predicted molar refractivity (Wildman–Crippen MR) is 206 cm³/mol. The molecule has 0 aliphatic heterocycles. The van der Waals surface area contributed by atoms with Crippen molar-refractivity contribution in [1.82, 2.24) is 0 Å². The first-order valence-corrected chi connectivity index (χ1v) is 20.7. The van der Waals surface area contributed by atoms with E-state index < -0.39 is 7.05 Å². The molecule has 0 N–H and O–H groups in total. The monoisotopic (exact) mass is 669 g/mol. The highest BCUT2D eigenvalue weighted by Gasteiger charge is 2.39. The molecule has 0 bridgehead atoms. The fraction of sp³-hybridized carbons (Fsp3) is 0.195. The van der Waals surface area contributed by atoms with E-state index in [1.54, 1.807) is 18.2 Å². The van der Waals surface area contributed by atoms with Gasteiger partial charge in [-0.1, -0.05) is 98.4 Å². The number of aliphatic imine (C=N–C) groups is 1. The topological polar surface area (TPSA) is 81.0 Å². The van der Waals surface area contributed by atoms with Gasteiger partial charge in [0.05, 0.1) is 36.7 Å². The molecule has 6 nitrogen and oxygen atoms in total. The van der Waals surface area contributed by atoms with Crippen LogP contribution >= 0.6 is 7.05 Å². The molecule has 5 aromatic rings.